The number of halogens is 1. The van der Waals surface area contributed by atoms with Crippen LogP contribution in [0, 0.1) is 13.8 Å². The summed E-state index contributed by atoms with van der Waals surface area (Å²) in [7, 11) is -4.04. The summed E-state index contributed by atoms with van der Waals surface area (Å²) in [5, 5.41) is 12.8. The van der Waals surface area contributed by atoms with Gasteiger partial charge in [-0.1, -0.05) is 17.7 Å². The number of H-pyrrole nitrogens is 1. The van der Waals surface area contributed by atoms with Gasteiger partial charge in [0.1, 0.15) is 10.6 Å². The molecule has 0 radical (unpaired) electrons. The third kappa shape index (κ3) is 4.19. The van der Waals surface area contributed by atoms with E-state index in [1.54, 1.807) is 36.4 Å². The molecule has 0 atom stereocenters. The van der Waals surface area contributed by atoms with Gasteiger partial charge in [-0.05, 0) is 60.9 Å². The third-order valence-electron chi connectivity index (χ3n) is 5.05. The highest BCUT2D eigenvalue weighted by Crippen LogP contribution is 2.34. The van der Waals surface area contributed by atoms with E-state index in [4.69, 9.17) is 11.6 Å². The number of carbonyl (C=O) groups excluding carboxylic acids is 1. The minimum atomic E-state index is -4.04. The molecule has 2 aromatic heterocycles. The lowest BCUT2D eigenvalue weighted by Gasteiger charge is -2.10. The molecule has 0 bridgehead atoms. The number of sulfone groups is 1. The molecule has 32 heavy (non-hydrogen) atoms. The fraction of sp³-hybridized carbons (Fsp3) is 0.130. The number of fused-ring (bicyclic) bond motifs is 1. The van der Waals surface area contributed by atoms with Crippen LogP contribution in [-0.4, -0.2) is 24.5 Å². The summed E-state index contributed by atoms with van der Waals surface area (Å²) in [4.78, 5) is 16.0. The maximum Gasteiger partial charge on any atom is 0.269 e. The Morgan fingerprint density at radius 1 is 1.06 bits per heavy atom. The van der Waals surface area contributed by atoms with Crippen molar-refractivity contribution in [2.45, 2.75) is 30.2 Å². The molecule has 0 saturated carbocycles. The van der Waals surface area contributed by atoms with Crippen LogP contribution in [0.25, 0.3) is 10.9 Å². The molecule has 0 fully saturated rings. The van der Waals surface area contributed by atoms with Gasteiger partial charge in [-0.2, -0.15) is 0 Å². The highest BCUT2D eigenvalue weighted by atomic mass is 35.5. The van der Waals surface area contributed by atoms with E-state index in [1.807, 2.05) is 19.9 Å². The zero-order valence-corrected chi connectivity index (χ0v) is 19.0. The lowest BCUT2D eigenvalue weighted by molar-refractivity contribution is -0.904. The molecule has 7 nitrogen and oxygen atoms in total. The first-order valence-corrected chi connectivity index (χ1v) is 11.6. The van der Waals surface area contributed by atoms with E-state index in [1.165, 1.54) is 18.5 Å². The first-order chi connectivity index (χ1) is 15.1. The number of hydrogen-bond donors (Lipinski definition) is 3. The van der Waals surface area contributed by atoms with Gasteiger partial charge in [0.05, 0.1) is 4.90 Å². The molecule has 0 saturated heterocycles. The van der Waals surface area contributed by atoms with Crippen molar-refractivity contribution in [2.75, 3.05) is 0 Å². The largest absolute Gasteiger partial charge is 0.349 e. The number of aromatic amines is 1. The van der Waals surface area contributed by atoms with Crippen molar-refractivity contribution in [1.29, 1.82) is 0 Å². The molecule has 0 aliphatic rings. The summed E-state index contributed by atoms with van der Waals surface area (Å²) in [6.45, 7) is 3.79. The van der Waals surface area contributed by atoms with Crippen LogP contribution >= 0.6 is 11.6 Å². The van der Waals surface area contributed by atoms with Crippen LogP contribution in [0.5, 0.6) is 0 Å². The zero-order chi connectivity index (χ0) is 23.0. The standard InChI is InChI=1S/C23H20ClN3O4S/c1-14-9-15(2)11-18(10-14)32(30,31)22-19-12-17(24)3-4-20(19)26-21(22)23(28)25-13-16-5-7-27(29)8-6-16/h3-12H,13H2,1-2H3,(H2-,25,26,28,29)/p+1. The lowest BCUT2D eigenvalue weighted by Crippen LogP contribution is -2.29. The maximum atomic E-state index is 13.7. The molecule has 4 aromatic rings. The van der Waals surface area contributed by atoms with Crippen LogP contribution in [0.2, 0.25) is 5.02 Å². The fourth-order valence-corrected chi connectivity index (χ4v) is 5.58. The van der Waals surface area contributed by atoms with Crippen LogP contribution in [0.4, 0.5) is 0 Å². The first-order valence-electron chi connectivity index (χ1n) is 9.77. The Morgan fingerprint density at radius 3 is 2.38 bits per heavy atom. The molecule has 0 aliphatic heterocycles. The van der Waals surface area contributed by atoms with Crippen molar-refractivity contribution in [3.8, 4) is 0 Å². The van der Waals surface area contributed by atoms with Crippen molar-refractivity contribution >= 4 is 38.2 Å². The number of pyridine rings is 1. The Balaban J connectivity index is 1.82. The Hall–Kier alpha value is -3.36. The second-order valence-electron chi connectivity index (χ2n) is 7.61. The van der Waals surface area contributed by atoms with Gasteiger partial charge in [0, 0.05) is 39.3 Å². The average Bonchev–Trinajstić information content (AvgIpc) is 3.12. The van der Waals surface area contributed by atoms with Gasteiger partial charge in [0.2, 0.25) is 22.2 Å². The zero-order valence-electron chi connectivity index (χ0n) is 17.4. The van der Waals surface area contributed by atoms with Crippen LogP contribution < -0.4 is 10.0 Å². The number of hydrogen-bond acceptors (Lipinski definition) is 4. The minimum Gasteiger partial charge on any atom is -0.349 e. The second kappa shape index (κ2) is 8.29. The van der Waals surface area contributed by atoms with E-state index >= 15 is 0 Å². The molecular formula is C23H21ClN3O4S+. The topological polar surface area (TPSA) is 103 Å². The summed E-state index contributed by atoms with van der Waals surface area (Å²) >= 11 is 6.15. The van der Waals surface area contributed by atoms with E-state index in [2.05, 4.69) is 10.3 Å². The highest BCUT2D eigenvalue weighted by molar-refractivity contribution is 7.91. The summed E-state index contributed by atoms with van der Waals surface area (Å²) in [5.41, 5.74) is 2.77. The normalized spacial score (nSPS) is 11.6. The van der Waals surface area contributed by atoms with Crippen molar-refractivity contribution < 1.29 is 23.1 Å². The number of aryl methyl sites for hydroxylation is 2. The highest BCUT2D eigenvalue weighted by Gasteiger charge is 2.30. The number of rotatable bonds is 5. The molecule has 164 valence electrons. The van der Waals surface area contributed by atoms with Gasteiger partial charge in [0.25, 0.3) is 5.91 Å². The van der Waals surface area contributed by atoms with Crippen LogP contribution in [0.1, 0.15) is 27.2 Å². The molecule has 0 aliphatic carbocycles. The Bertz CT molecular complexity index is 1420. The van der Waals surface area contributed by atoms with Crippen molar-refractivity contribution in [3.05, 3.63) is 88.3 Å². The van der Waals surface area contributed by atoms with Gasteiger partial charge in [0.15, 0.2) is 0 Å². The molecule has 9 heteroatoms. The summed E-state index contributed by atoms with van der Waals surface area (Å²) in [6.07, 6.45) is 2.87. The third-order valence-corrected chi connectivity index (χ3v) is 7.10. The number of benzene rings is 2. The lowest BCUT2D eigenvalue weighted by atomic mass is 10.2. The van der Waals surface area contributed by atoms with Crippen LogP contribution in [0.3, 0.4) is 0 Å². The monoisotopic (exact) mass is 470 g/mol. The Morgan fingerprint density at radius 2 is 1.72 bits per heavy atom. The second-order valence-corrected chi connectivity index (χ2v) is 9.94. The molecule has 0 unspecified atom stereocenters. The average molecular weight is 471 g/mol. The number of nitrogens with zero attached hydrogens (tertiary/aromatic N) is 1. The number of aromatic nitrogens is 2. The molecule has 1 amide bonds. The van der Waals surface area contributed by atoms with Gasteiger partial charge >= 0.3 is 0 Å². The smallest absolute Gasteiger partial charge is 0.269 e. The van der Waals surface area contributed by atoms with Gasteiger partial charge < -0.3 is 10.3 Å². The summed E-state index contributed by atoms with van der Waals surface area (Å²) < 4.78 is 28.3. The summed E-state index contributed by atoms with van der Waals surface area (Å²) in [6, 6.07) is 13.1. The Labute approximate surface area is 190 Å². The van der Waals surface area contributed by atoms with E-state index in [9.17, 15) is 18.4 Å². The predicted octanol–water partition coefficient (Wildman–Crippen LogP) is 3.73. The Kier molecular flexibility index (Phi) is 5.66. The van der Waals surface area contributed by atoms with E-state index in [-0.39, 0.29) is 22.0 Å². The SMILES string of the molecule is Cc1cc(C)cc(S(=O)(=O)c2c(C(=O)NCc3cc[n+](O)cc3)[nH]c3ccc(Cl)cc23)c1. The van der Waals surface area contributed by atoms with E-state index < -0.39 is 15.7 Å². The fourth-order valence-electron chi connectivity index (χ4n) is 3.62. The van der Waals surface area contributed by atoms with E-state index in [0.29, 0.717) is 15.9 Å². The van der Waals surface area contributed by atoms with Gasteiger partial charge in [-0.25, -0.2) is 8.42 Å². The molecule has 0 spiro atoms. The van der Waals surface area contributed by atoms with Crippen molar-refractivity contribution in [3.63, 3.8) is 0 Å². The van der Waals surface area contributed by atoms with Crippen LogP contribution in [-0.2, 0) is 16.4 Å². The van der Waals surface area contributed by atoms with E-state index in [0.717, 1.165) is 21.4 Å². The van der Waals surface area contributed by atoms with Gasteiger partial charge in [-0.15, -0.1) is 0 Å². The first kappa shape index (κ1) is 21.9. The molecule has 2 heterocycles. The van der Waals surface area contributed by atoms with Gasteiger partial charge in [-0.3, -0.25) is 10.0 Å². The molecule has 2 aromatic carbocycles. The maximum absolute atomic E-state index is 13.7. The summed E-state index contributed by atoms with van der Waals surface area (Å²) in [5.74, 6) is -0.569. The molecular weight excluding hydrogens is 450 g/mol. The minimum absolute atomic E-state index is 0.0606. The number of nitrogens with one attached hydrogen (secondary N) is 2. The number of carbonyl (C=O) groups is 1. The predicted molar refractivity (Wildman–Crippen MR) is 120 cm³/mol. The molecule has 3 N–H and O–H groups in total. The van der Waals surface area contributed by atoms with Crippen LogP contribution in [0.15, 0.2) is 70.7 Å². The molecule has 4 rings (SSSR count). The van der Waals surface area contributed by atoms with Crippen molar-refractivity contribution in [2.24, 2.45) is 0 Å². The quantitative estimate of drug-likeness (QED) is 0.305. The van der Waals surface area contributed by atoms with Crippen molar-refractivity contribution in [1.82, 2.24) is 10.3 Å². The number of amides is 1.